The number of nitrogens with zero attached hydrogens (tertiary/aromatic N) is 2. The predicted octanol–water partition coefficient (Wildman–Crippen LogP) is 2.51. The number of rotatable bonds is 2. The SMILES string of the molecule is Cc1ccc(C2N=C(CCl)ON2C)cc1. The van der Waals surface area contributed by atoms with Gasteiger partial charge in [0.2, 0.25) is 5.90 Å². The van der Waals surface area contributed by atoms with Crippen molar-refractivity contribution in [1.82, 2.24) is 5.06 Å². The summed E-state index contributed by atoms with van der Waals surface area (Å²) in [6.45, 7) is 2.06. The number of hydrogen-bond acceptors (Lipinski definition) is 3. The van der Waals surface area contributed by atoms with E-state index >= 15 is 0 Å². The molecule has 1 aliphatic heterocycles. The largest absolute Gasteiger partial charge is 0.387 e. The Morgan fingerprint density at radius 1 is 1.40 bits per heavy atom. The Labute approximate surface area is 94.3 Å². The van der Waals surface area contributed by atoms with Crippen molar-refractivity contribution in [1.29, 1.82) is 0 Å². The maximum absolute atomic E-state index is 5.67. The molecule has 0 spiro atoms. The lowest BCUT2D eigenvalue weighted by atomic mass is 10.1. The fourth-order valence-corrected chi connectivity index (χ4v) is 1.66. The minimum atomic E-state index is -0.0700. The van der Waals surface area contributed by atoms with Crippen LogP contribution in [0.3, 0.4) is 0 Å². The molecule has 1 aliphatic rings. The third-order valence-electron chi connectivity index (χ3n) is 2.35. The molecule has 0 saturated carbocycles. The normalized spacial score (nSPS) is 21.3. The van der Waals surface area contributed by atoms with E-state index in [1.165, 1.54) is 5.56 Å². The predicted molar refractivity (Wildman–Crippen MR) is 60.9 cm³/mol. The van der Waals surface area contributed by atoms with Crippen molar-refractivity contribution < 1.29 is 4.84 Å². The third kappa shape index (κ3) is 2.13. The lowest BCUT2D eigenvalue weighted by molar-refractivity contribution is -0.0581. The smallest absolute Gasteiger partial charge is 0.226 e. The maximum atomic E-state index is 5.67. The van der Waals surface area contributed by atoms with Crippen LogP contribution in [0.4, 0.5) is 0 Å². The molecule has 0 saturated heterocycles. The molecule has 0 N–H and O–H groups in total. The van der Waals surface area contributed by atoms with Gasteiger partial charge in [-0.15, -0.1) is 16.7 Å². The Morgan fingerprint density at radius 3 is 2.60 bits per heavy atom. The molecule has 0 aromatic heterocycles. The summed E-state index contributed by atoms with van der Waals surface area (Å²) in [6.07, 6.45) is -0.0700. The van der Waals surface area contributed by atoms with Crippen LogP contribution in [0.5, 0.6) is 0 Å². The van der Waals surface area contributed by atoms with Gasteiger partial charge in [0.25, 0.3) is 0 Å². The molecule has 1 unspecified atom stereocenters. The first-order valence-electron chi connectivity index (χ1n) is 4.80. The standard InChI is InChI=1S/C11H13ClN2O/c1-8-3-5-9(6-4-8)11-13-10(7-12)15-14(11)2/h3-6,11H,7H2,1-2H3. The van der Waals surface area contributed by atoms with Gasteiger partial charge in [-0.05, 0) is 12.5 Å². The summed E-state index contributed by atoms with van der Waals surface area (Å²) in [5, 5.41) is 1.71. The van der Waals surface area contributed by atoms with Crippen LogP contribution in [-0.4, -0.2) is 23.9 Å². The van der Waals surface area contributed by atoms with E-state index in [0.29, 0.717) is 11.8 Å². The van der Waals surface area contributed by atoms with Crippen molar-refractivity contribution in [2.75, 3.05) is 12.9 Å². The van der Waals surface area contributed by atoms with E-state index in [1.807, 2.05) is 7.05 Å². The molecule has 0 aliphatic carbocycles. The van der Waals surface area contributed by atoms with Crippen molar-refractivity contribution in [3.63, 3.8) is 0 Å². The fraction of sp³-hybridized carbons (Fsp3) is 0.364. The molecule has 1 aromatic carbocycles. The van der Waals surface area contributed by atoms with Crippen LogP contribution in [0.2, 0.25) is 0 Å². The summed E-state index contributed by atoms with van der Waals surface area (Å²) in [5.74, 6) is 0.886. The average Bonchev–Trinajstić information content (AvgIpc) is 2.61. The highest BCUT2D eigenvalue weighted by Crippen LogP contribution is 2.26. The van der Waals surface area contributed by atoms with Gasteiger partial charge in [-0.1, -0.05) is 29.8 Å². The summed E-state index contributed by atoms with van der Waals surface area (Å²) < 4.78 is 0. The zero-order valence-corrected chi connectivity index (χ0v) is 9.53. The van der Waals surface area contributed by atoms with Crippen LogP contribution in [0.25, 0.3) is 0 Å². The van der Waals surface area contributed by atoms with Crippen LogP contribution in [0.1, 0.15) is 17.3 Å². The first kappa shape index (κ1) is 10.5. The van der Waals surface area contributed by atoms with E-state index in [0.717, 1.165) is 5.56 Å². The second-order valence-electron chi connectivity index (χ2n) is 3.58. The minimum absolute atomic E-state index is 0.0700. The molecule has 1 heterocycles. The minimum Gasteiger partial charge on any atom is -0.387 e. The van der Waals surface area contributed by atoms with Crippen LogP contribution < -0.4 is 0 Å². The van der Waals surface area contributed by atoms with E-state index in [9.17, 15) is 0 Å². The molecule has 0 bridgehead atoms. The van der Waals surface area contributed by atoms with Gasteiger partial charge in [0.05, 0.1) is 0 Å². The maximum Gasteiger partial charge on any atom is 0.226 e. The van der Waals surface area contributed by atoms with Crippen LogP contribution in [0.15, 0.2) is 29.3 Å². The van der Waals surface area contributed by atoms with Crippen molar-refractivity contribution in [3.8, 4) is 0 Å². The average molecular weight is 225 g/mol. The molecule has 15 heavy (non-hydrogen) atoms. The molecule has 1 aromatic rings. The fourth-order valence-electron chi connectivity index (χ4n) is 1.54. The number of aliphatic imine (C=N–C) groups is 1. The number of hydrogen-bond donors (Lipinski definition) is 0. The van der Waals surface area contributed by atoms with E-state index in [4.69, 9.17) is 16.4 Å². The molecular weight excluding hydrogens is 212 g/mol. The second-order valence-corrected chi connectivity index (χ2v) is 3.85. The van der Waals surface area contributed by atoms with E-state index in [2.05, 4.69) is 36.2 Å². The monoisotopic (exact) mass is 224 g/mol. The van der Waals surface area contributed by atoms with Crippen molar-refractivity contribution in [3.05, 3.63) is 35.4 Å². The summed E-state index contributed by atoms with van der Waals surface area (Å²) in [4.78, 5) is 9.73. The van der Waals surface area contributed by atoms with Gasteiger partial charge in [-0.3, -0.25) is 0 Å². The Morgan fingerprint density at radius 2 is 2.07 bits per heavy atom. The Balaban J connectivity index is 2.24. The number of alkyl halides is 1. The van der Waals surface area contributed by atoms with E-state index in [1.54, 1.807) is 5.06 Å². The highest BCUT2D eigenvalue weighted by molar-refractivity contribution is 6.27. The summed E-state index contributed by atoms with van der Waals surface area (Å²) in [7, 11) is 1.85. The topological polar surface area (TPSA) is 24.8 Å². The van der Waals surface area contributed by atoms with Gasteiger partial charge in [-0.2, -0.15) is 0 Å². The summed E-state index contributed by atoms with van der Waals surface area (Å²) >= 11 is 5.67. The number of benzene rings is 1. The molecule has 3 nitrogen and oxygen atoms in total. The summed E-state index contributed by atoms with van der Waals surface area (Å²) in [6, 6.07) is 8.25. The van der Waals surface area contributed by atoms with Crippen molar-refractivity contribution in [2.45, 2.75) is 13.1 Å². The molecule has 2 rings (SSSR count). The number of hydroxylamine groups is 2. The van der Waals surface area contributed by atoms with Gasteiger partial charge in [0.1, 0.15) is 5.88 Å². The van der Waals surface area contributed by atoms with Gasteiger partial charge < -0.3 is 4.84 Å². The van der Waals surface area contributed by atoms with Crippen LogP contribution >= 0.6 is 11.6 Å². The zero-order valence-electron chi connectivity index (χ0n) is 8.77. The molecule has 0 fully saturated rings. The molecule has 0 amide bonds. The van der Waals surface area contributed by atoms with Gasteiger partial charge in [-0.25, -0.2) is 4.99 Å². The number of aryl methyl sites for hydroxylation is 1. The molecule has 0 radical (unpaired) electrons. The van der Waals surface area contributed by atoms with Crippen molar-refractivity contribution in [2.24, 2.45) is 4.99 Å². The van der Waals surface area contributed by atoms with Gasteiger partial charge in [0.15, 0.2) is 6.17 Å². The molecule has 80 valence electrons. The van der Waals surface area contributed by atoms with E-state index in [-0.39, 0.29) is 6.17 Å². The highest BCUT2D eigenvalue weighted by Gasteiger charge is 2.25. The lowest BCUT2D eigenvalue weighted by Gasteiger charge is -2.16. The van der Waals surface area contributed by atoms with E-state index < -0.39 is 0 Å². The molecule has 1 atom stereocenters. The Kier molecular flexibility index (Phi) is 2.93. The quantitative estimate of drug-likeness (QED) is 0.722. The second kappa shape index (κ2) is 4.21. The Hall–Kier alpha value is -1.06. The van der Waals surface area contributed by atoms with Gasteiger partial charge in [0, 0.05) is 7.05 Å². The first-order valence-corrected chi connectivity index (χ1v) is 5.34. The first-order chi connectivity index (χ1) is 7.20. The van der Waals surface area contributed by atoms with Crippen molar-refractivity contribution >= 4 is 17.5 Å². The number of halogens is 1. The summed E-state index contributed by atoms with van der Waals surface area (Å²) in [5.41, 5.74) is 2.35. The third-order valence-corrected chi connectivity index (χ3v) is 2.58. The zero-order chi connectivity index (χ0) is 10.8. The molecular formula is C11H13ClN2O. The van der Waals surface area contributed by atoms with Crippen LogP contribution in [-0.2, 0) is 4.84 Å². The highest BCUT2D eigenvalue weighted by atomic mass is 35.5. The Bertz CT molecular complexity index is 375. The van der Waals surface area contributed by atoms with Crippen LogP contribution in [0, 0.1) is 6.92 Å². The lowest BCUT2D eigenvalue weighted by Crippen LogP contribution is -2.18. The molecule has 4 heteroatoms. The van der Waals surface area contributed by atoms with Gasteiger partial charge >= 0.3 is 0 Å².